The number of pyridine rings is 2. The molecule has 0 spiro atoms. The molecular weight excluding hydrogens is 306 g/mol. The van der Waals surface area contributed by atoms with E-state index < -0.39 is 0 Å². The average Bonchev–Trinajstić information content (AvgIpc) is 2.63. The maximum Gasteiger partial charge on any atom is 0.150 e. The van der Waals surface area contributed by atoms with Crippen molar-refractivity contribution in [3.63, 3.8) is 0 Å². The van der Waals surface area contributed by atoms with Crippen LogP contribution in [0.4, 0.5) is 5.82 Å². The first-order chi connectivity index (χ1) is 12.1. The largest absolute Gasteiger partial charge is 0.382 e. The van der Waals surface area contributed by atoms with Crippen molar-refractivity contribution in [2.24, 2.45) is 0 Å². The highest BCUT2D eigenvalue weighted by molar-refractivity contribution is 6.08. The fourth-order valence-corrected chi connectivity index (χ4v) is 3.34. The first kappa shape index (κ1) is 15.6. The second kappa shape index (κ2) is 6.17. The van der Waals surface area contributed by atoms with Crippen LogP contribution in [0.15, 0.2) is 60.8 Å². The molecule has 0 bridgehead atoms. The molecule has 0 aliphatic heterocycles. The summed E-state index contributed by atoms with van der Waals surface area (Å²) < 4.78 is 0. The normalized spacial score (nSPS) is 12.6. The number of nitrogens with zero attached hydrogens (tertiary/aromatic N) is 2. The summed E-state index contributed by atoms with van der Waals surface area (Å²) in [4.78, 5) is 9.09. The number of aromatic nitrogens is 2. The van der Waals surface area contributed by atoms with Gasteiger partial charge in [-0.1, -0.05) is 55.0 Å². The summed E-state index contributed by atoms with van der Waals surface area (Å²) >= 11 is 0. The lowest BCUT2D eigenvalue weighted by Crippen LogP contribution is -2.01. The van der Waals surface area contributed by atoms with Gasteiger partial charge in [-0.2, -0.15) is 0 Å². The van der Waals surface area contributed by atoms with Gasteiger partial charge in [-0.15, -0.1) is 0 Å². The average molecular weight is 327 g/mol. The first-order valence-electron chi connectivity index (χ1n) is 8.61. The Morgan fingerprint density at radius 2 is 1.76 bits per heavy atom. The highest BCUT2D eigenvalue weighted by atomic mass is 14.9. The van der Waals surface area contributed by atoms with Gasteiger partial charge in [-0.25, -0.2) is 4.98 Å². The number of rotatable bonds is 3. The summed E-state index contributed by atoms with van der Waals surface area (Å²) in [6.07, 6.45) is 2.93. The van der Waals surface area contributed by atoms with Crippen LogP contribution in [0.5, 0.6) is 0 Å². The SMILES string of the molecule is Cc1ccc(CC(C)c2cnc3c(N)nc4ccccc4c3c2)cc1. The lowest BCUT2D eigenvalue weighted by Gasteiger charge is -2.14. The Labute approximate surface area is 147 Å². The topological polar surface area (TPSA) is 51.8 Å². The van der Waals surface area contributed by atoms with Gasteiger partial charge < -0.3 is 5.73 Å². The van der Waals surface area contributed by atoms with Crippen LogP contribution in [0.25, 0.3) is 21.8 Å². The summed E-state index contributed by atoms with van der Waals surface area (Å²) in [5.74, 6) is 0.874. The molecule has 4 aromatic rings. The van der Waals surface area contributed by atoms with Crippen LogP contribution in [0.3, 0.4) is 0 Å². The van der Waals surface area contributed by atoms with E-state index in [-0.39, 0.29) is 0 Å². The molecular formula is C22H21N3. The van der Waals surface area contributed by atoms with Crippen LogP contribution in [0, 0.1) is 6.92 Å². The van der Waals surface area contributed by atoms with E-state index >= 15 is 0 Å². The zero-order valence-electron chi connectivity index (χ0n) is 14.5. The predicted octanol–water partition coefficient (Wildman–Crippen LogP) is 5.02. The van der Waals surface area contributed by atoms with Crippen molar-refractivity contribution in [3.05, 3.63) is 77.5 Å². The lowest BCUT2D eigenvalue weighted by molar-refractivity contribution is 0.756. The van der Waals surface area contributed by atoms with Crippen molar-refractivity contribution in [1.29, 1.82) is 0 Å². The van der Waals surface area contributed by atoms with Crippen LogP contribution in [0.1, 0.15) is 29.5 Å². The number of para-hydroxylation sites is 1. The number of hydrogen-bond acceptors (Lipinski definition) is 3. The van der Waals surface area contributed by atoms with Crippen molar-refractivity contribution in [3.8, 4) is 0 Å². The minimum atomic E-state index is 0.382. The maximum atomic E-state index is 6.11. The fourth-order valence-electron chi connectivity index (χ4n) is 3.34. The number of aryl methyl sites for hydroxylation is 1. The van der Waals surface area contributed by atoms with E-state index in [2.05, 4.69) is 60.2 Å². The maximum absolute atomic E-state index is 6.11. The van der Waals surface area contributed by atoms with Crippen molar-refractivity contribution in [1.82, 2.24) is 9.97 Å². The third kappa shape index (κ3) is 2.93. The first-order valence-corrected chi connectivity index (χ1v) is 8.61. The van der Waals surface area contributed by atoms with Gasteiger partial charge in [0.1, 0.15) is 5.52 Å². The van der Waals surface area contributed by atoms with Gasteiger partial charge in [0.05, 0.1) is 5.52 Å². The number of fused-ring (bicyclic) bond motifs is 3. The van der Waals surface area contributed by atoms with Crippen molar-refractivity contribution in [2.75, 3.05) is 5.73 Å². The fraction of sp³-hybridized carbons (Fsp3) is 0.182. The van der Waals surface area contributed by atoms with E-state index in [1.54, 1.807) is 0 Å². The van der Waals surface area contributed by atoms with E-state index in [0.717, 1.165) is 28.2 Å². The minimum Gasteiger partial charge on any atom is -0.382 e. The molecule has 2 aromatic carbocycles. The molecule has 4 rings (SSSR count). The number of benzene rings is 2. The number of nitrogens with two attached hydrogens (primary N) is 1. The summed E-state index contributed by atoms with van der Waals surface area (Å²) in [5.41, 5.74) is 11.7. The van der Waals surface area contributed by atoms with E-state index in [0.29, 0.717) is 11.7 Å². The molecule has 1 atom stereocenters. The summed E-state index contributed by atoms with van der Waals surface area (Å²) in [7, 11) is 0. The van der Waals surface area contributed by atoms with Crippen molar-refractivity contribution < 1.29 is 0 Å². The highest BCUT2D eigenvalue weighted by Crippen LogP contribution is 2.29. The molecule has 124 valence electrons. The zero-order valence-corrected chi connectivity index (χ0v) is 14.5. The highest BCUT2D eigenvalue weighted by Gasteiger charge is 2.12. The Morgan fingerprint density at radius 1 is 1.00 bits per heavy atom. The Kier molecular flexibility index (Phi) is 3.85. The molecule has 0 aliphatic carbocycles. The van der Waals surface area contributed by atoms with Gasteiger partial charge in [-0.05, 0) is 42.5 Å². The van der Waals surface area contributed by atoms with Crippen molar-refractivity contribution >= 4 is 27.6 Å². The van der Waals surface area contributed by atoms with Crippen LogP contribution >= 0.6 is 0 Å². The molecule has 0 saturated carbocycles. The number of nitrogen functional groups attached to an aromatic ring is 1. The number of anilines is 1. The van der Waals surface area contributed by atoms with Gasteiger partial charge in [0.15, 0.2) is 5.82 Å². The third-order valence-corrected chi connectivity index (χ3v) is 4.82. The quantitative estimate of drug-likeness (QED) is 0.538. The molecule has 0 saturated heterocycles. The van der Waals surface area contributed by atoms with Crippen LogP contribution in [0.2, 0.25) is 0 Å². The summed E-state index contributed by atoms with van der Waals surface area (Å²) in [6, 6.07) is 19.1. The Morgan fingerprint density at radius 3 is 2.56 bits per heavy atom. The Bertz CT molecular complexity index is 1050. The zero-order chi connectivity index (χ0) is 17.4. The van der Waals surface area contributed by atoms with Gasteiger partial charge in [0.2, 0.25) is 0 Å². The van der Waals surface area contributed by atoms with E-state index in [1.165, 1.54) is 16.7 Å². The minimum absolute atomic E-state index is 0.382. The Balaban J connectivity index is 1.77. The molecule has 0 fully saturated rings. The summed E-state index contributed by atoms with van der Waals surface area (Å²) in [5, 5.41) is 2.18. The van der Waals surface area contributed by atoms with E-state index in [1.807, 2.05) is 24.4 Å². The molecule has 0 aliphatic rings. The monoisotopic (exact) mass is 327 g/mol. The van der Waals surface area contributed by atoms with Gasteiger partial charge >= 0.3 is 0 Å². The molecule has 0 radical (unpaired) electrons. The second-order valence-corrected chi connectivity index (χ2v) is 6.77. The molecule has 2 heterocycles. The van der Waals surface area contributed by atoms with Crippen LogP contribution in [-0.4, -0.2) is 9.97 Å². The standard InChI is InChI=1S/C22H21N3/c1-14-7-9-16(10-8-14)11-15(2)17-12-19-18-5-3-4-6-20(18)25-22(23)21(19)24-13-17/h3-10,12-13,15H,11H2,1-2H3,(H2,23,25). The molecule has 3 heteroatoms. The Hall–Kier alpha value is -2.94. The van der Waals surface area contributed by atoms with Crippen molar-refractivity contribution in [2.45, 2.75) is 26.2 Å². The van der Waals surface area contributed by atoms with Crippen LogP contribution in [-0.2, 0) is 6.42 Å². The van der Waals surface area contributed by atoms with E-state index in [4.69, 9.17) is 5.73 Å². The molecule has 2 aromatic heterocycles. The number of hydrogen-bond donors (Lipinski definition) is 1. The van der Waals surface area contributed by atoms with Crippen LogP contribution < -0.4 is 5.73 Å². The second-order valence-electron chi connectivity index (χ2n) is 6.77. The predicted molar refractivity (Wildman–Crippen MR) is 105 cm³/mol. The lowest BCUT2D eigenvalue weighted by atomic mass is 9.93. The molecule has 25 heavy (non-hydrogen) atoms. The molecule has 3 nitrogen and oxygen atoms in total. The van der Waals surface area contributed by atoms with E-state index in [9.17, 15) is 0 Å². The van der Waals surface area contributed by atoms with Gasteiger partial charge in [-0.3, -0.25) is 4.98 Å². The summed E-state index contributed by atoms with van der Waals surface area (Å²) in [6.45, 7) is 4.36. The molecule has 0 amide bonds. The molecule has 2 N–H and O–H groups in total. The smallest absolute Gasteiger partial charge is 0.150 e. The molecule has 1 unspecified atom stereocenters. The third-order valence-electron chi connectivity index (χ3n) is 4.82. The van der Waals surface area contributed by atoms with Gasteiger partial charge in [0, 0.05) is 17.0 Å². The van der Waals surface area contributed by atoms with Gasteiger partial charge in [0.25, 0.3) is 0 Å².